The fraction of sp³-hybridized carbons (Fsp3) is 0.308. The fourth-order valence-electron chi connectivity index (χ4n) is 4.69. The molecule has 0 amide bonds. The topological polar surface area (TPSA) is 73.9 Å². The van der Waals surface area contributed by atoms with Gasteiger partial charge in [0.05, 0.1) is 32.8 Å². The molecule has 4 rings (SSSR count). The number of rotatable bonds is 5. The van der Waals surface area contributed by atoms with Crippen molar-refractivity contribution < 1.29 is 23.8 Å². The molecule has 1 N–H and O–H groups in total. The van der Waals surface area contributed by atoms with Crippen LogP contribution < -0.4 is 14.8 Å². The van der Waals surface area contributed by atoms with Crippen molar-refractivity contribution in [2.75, 3.05) is 21.3 Å². The molecule has 3 unspecified atom stereocenters. The molecule has 0 spiro atoms. The molecule has 1 aliphatic carbocycles. The molecule has 2 aromatic rings. The van der Waals surface area contributed by atoms with Gasteiger partial charge in [0.15, 0.2) is 0 Å². The number of carbonyl (C=O) groups is 2. The first-order valence-electron chi connectivity index (χ1n) is 10.5. The van der Waals surface area contributed by atoms with Crippen LogP contribution in [0.15, 0.2) is 71.6 Å². The van der Waals surface area contributed by atoms with Gasteiger partial charge in [0, 0.05) is 29.7 Å². The number of hydrogen-bond acceptors (Lipinski definition) is 6. The van der Waals surface area contributed by atoms with Gasteiger partial charge in [-0.3, -0.25) is 4.79 Å². The zero-order chi connectivity index (χ0) is 22.8. The first kappa shape index (κ1) is 21.7. The van der Waals surface area contributed by atoms with Crippen LogP contribution >= 0.6 is 0 Å². The molecular weight excluding hydrogens is 406 g/mol. The maximum atomic E-state index is 13.5. The van der Waals surface area contributed by atoms with Gasteiger partial charge in [-0.05, 0) is 42.3 Å². The molecule has 1 heterocycles. The van der Waals surface area contributed by atoms with Crippen molar-refractivity contribution in [2.45, 2.75) is 25.2 Å². The molecule has 2 aromatic carbocycles. The second-order valence-electron chi connectivity index (χ2n) is 8.06. The number of nitrogens with one attached hydrogen (secondary N) is 1. The number of carbonyl (C=O) groups excluding carboxylic acids is 2. The molecule has 0 aromatic heterocycles. The molecule has 2 aliphatic rings. The number of Topliss-reactive ketones (excluding diaryl/α,β-unsaturated/α-hetero) is 1. The molecule has 166 valence electrons. The molecule has 6 heteroatoms. The minimum Gasteiger partial charge on any atom is -0.497 e. The summed E-state index contributed by atoms with van der Waals surface area (Å²) in [4.78, 5) is 26.2. The van der Waals surface area contributed by atoms with Gasteiger partial charge < -0.3 is 19.5 Å². The SMILES string of the molecule is COC(=O)C1=C(C)NC2=CC(c3ccc(OC)cc3)CC(=O)C2C1c1ccc(OC)cc1. The third-order valence-corrected chi connectivity index (χ3v) is 6.29. The number of fused-ring (bicyclic) bond motifs is 1. The van der Waals surface area contributed by atoms with Gasteiger partial charge in [0.1, 0.15) is 17.3 Å². The van der Waals surface area contributed by atoms with Gasteiger partial charge in [0.25, 0.3) is 0 Å². The van der Waals surface area contributed by atoms with Crippen molar-refractivity contribution in [1.29, 1.82) is 0 Å². The Bertz CT molecular complexity index is 1080. The Morgan fingerprint density at radius 2 is 1.44 bits per heavy atom. The van der Waals surface area contributed by atoms with Gasteiger partial charge in [-0.15, -0.1) is 0 Å². The molecule has 3 atom stereocenters. The second kappa shape index (κ2) is 8.91. The van der Waals surface area contributed by atoms with Crippen LogP contribution in [0.25, 0.3) is 0 Å². The molecular formula is C26H27NO5. The molecule has 1 aliphatic heterocycles. The van der Waals surface area contributed by atoms with Gasteiger partial charge >= 0.3 is 5.97 Å². The van der Waals surface area contributed by atoms with E-state index in [1.54, 1.807) is 14.2 Å². The summed E-state index contributed by atoms with van der Waals surface area (Å²) in [5, 5.41) is 3.33. The standard InChI is InChI=1S/C26H27NO5/c1-15-23(26(29)32-4)24(17-7-11-20(31-3)12-8-17)25-21(27-15)13-18(14-22(25)28)16-5-9-19(30-2)10-6-16/h5-13,18,24-25,27H,14H2,1-4H3. The maximum Gasteiger partial charge on any atom is 0.336 e. The van der Waals surface area contributed by atoms with E-state index in [-0.39, 0.29) is 11.7 Å². The van der Waals surface area contributed by atoms with Crippen molar-refractivity contribution in [3.63, 3.8) is 0 Å². The zero-order valence-electron chi connectivity index (χ0n) is 18.7. The Morgan fingerprint density at radius 3 is 1.97 bits per heavy atom. The van der Waals surface area contributed by atoms with Crippen molar-refractivity contribution in [1.82, 2.24) is 5.32 Å². The summed E-state index contributed by atoms with van der Waals surface area (Å²) < 4.78 is 15.6. The molecule has 0 fully saturated rings. The quantitative estimate of drug-likeness (QED) is 0.716. The summed E-state index contributed by atoms with van der Waals surface area (Å²) in [6.07, 6.45) is 2.48. The van der Waals surface area contributed by atoms with Crippen LogP contribution in [-0.4, -0.2) is 33.1 Å². The molecule has 32 heavy (non-hydrogen) atoms. The summed E-state index contributed by atoms with van der Waals surface area (Å²) >= 11 is 0. The van der Waals surface area contributed by atoms with Gasteiger partial charge in [0.2, 0.25) is 0 Å². The lowest BCUT2D eigenvalue weighted by Gasteiger charge is -2.39. The maximum absolute atomic E-state index is 13.5. The lowest BCUT2D eigenvalue weighted by atomic mass is 9.68. The number of methoxy groups -OCH3 is 3. The summed E-state index contributed by atoms with van der Waals surface area (Å²) in [7, 11) is 4.60. The Balaban J connectivity index is 1.78. The lowest BCUT2D eigenvalue weighted by Crippen LogP contribution is -2.41. The second-order valence-corrected chi connectivity index (χ2v) is 8.06. The van der Waals surface area contributed by atoms with Crippen LogP contribution in [0.4, 0.5) is 0 Å². The number of esters is 1. The highest BCUT2D eigenvalue weighted by Gasteiger charge is 2.44. The third-order valence-electron chi connectivity index (χ3n) is 6.29. The van der Waals surface area contributed by atoms with E-state index >= 15 is 0 Å². The molecule has 0 saturated heterocycles. The van der Waals surface area contributed by atoms with Gasteiger partial charge in [-0.25, -0.2) is 4.79 Å². The van der Waals surface area contributed by atoms with Crippen LogP contribution in [-0.2, 0) is 14.3 Å². The van der Waals surface area contributed by atoms with Crippen molar-refractivity contribution in [3.05, 3.63) is 82.7 Å². The van der Waals surface area contributed by atoms with E-state index in [1.165, 1.54) is 7.11 Å². The van der Waals surface area contributed by atoms with Crippen LogP contribution in [0.2, 0.25) is 0 Å². The normalized spacial score (nSPS) is 22.4. The van der Waals surface area contributed by atoms with Crippen LogP contribution in [0.5, 0.6) is 11.5 Å². The zero-order valence-corrected chi connectivity index (χ0v) is 18.7. The Labute approximate surface area is 187 Å². The largest absolute Gasteiger partial charge is 0.497 e. The fourth-order valence-corrected chi connectivity index (χ4v) is 4.69. The van der Waals surface area contributed by atoms with Crippen molar-refractivity contribution in [3.8, 4) is 11.5 Å². The van der Waals surface area contributed by atoms with Gasteiger partial charge in [-0.2, -0.15) is 0 Å². The van der Waals surface area contributed by atoms with E-state index in [0.29, 0.717) is 23.4 Å². The van der Waals surface area contributed by atoms with Crippen molar-refractivity contribution in [2.24, 2.45) is 5.92 Å². The summed E-state index contributed by atoms with van der Waals surface area (Å²) in [5.41, 5.74) is 3.93. The number of benzene rings is 2. The van der Waals surface area contributed by atoms with E-state index < -0.39 is 17.8 Å². The molecule has 6 nitrogen and oxygen atoms in total. The lowest BCUT2D eigenvalue weighted by molar-refractivity contribution is -0.136. The van der Waals surface area contributed by atoms with Crippen LogP contribution in [0.1, 0.15) is 36.3 Å². The monoisotopic (exact) mass is 433 g/mol. The molecule has 0 radical (unpaired) electrons. The summed E-state index contributed by atoms with van der Waals surface area (Å²) in [6, 6.07) is 15.3. The number of ketones is 1. The van der Waals surface area contributed by atoms with E-state index in [4.69, 9.17) is 14.2 Å². The number of ether oxygens (including phenoxy) is 3. The minimum absolute atomic E-state index is 0.0452. The third kappa shape index (κ3) is 3.88. The first-order chi connectivity index (χ1) is 15.5. The van der Waals surface area contributed by atoms with Crippen LogP contribution in [0, 0.1) is 5.92 Å². The highest BCUT2D eigenvalue weighted by atomic mass is 16.5. The minimum atomic E-state index is -0.476. The van der Waals surface area contributed by atoms with Crippen molar-refractivity contribution >= 4 is 11.8 Å². The summed E-state index contributed by atoms with van der Waals surface area (Å²) in [6.45, 7) is 1.85. The van der Waals surface area contributed by atoms with E-state index in [9.17, 15) is 9.59 Å². The van der Waals surface area contributed by atoms with Crippen LogP contribution in [0.3, 0.4) is 0 Å². The number of hydrogen-bond donors (Lipinski definition) is 1. The average Bonchev–Trinajstić information content (AvgIpc) is 2.82. The van der Waals surface area contributed by atoms with Gasteiger partial charge in [-0.1, -0.05) is 30.3 Å². The highest BCUT2D eigenvalue weighted by Crippen LogP contribution is 2.46. The molecule has 0 saturated carbocycles. The average molecular weight is 434 g/mol. The Hall–Kier alpha value is -3.54. The van der Waals surface area contributed by atoms with E-state index in [2.05, 4.69) is 11.4 Å². The summed E-state index contributed by atoms with van der Waals surface area (Å²) in [5.74, 6) is 0.203. The van der Waals surface area contributed by atoms with E-state index in [1.807, 2.05) is 55.5 Å². The molecule has 0 bridgehead atoms. The van der Waals surface area contributed by atoms with E-state index in [0.717, 1.165) is 22.6 Å². The number of allylic oxidation sites excluding steroid dienone is 3. The Morgan fingerprint density at radius 1 is 0.875 bits per heavy atom. The predicted molar refractivity (Wildman–Crippen MR) is 121 cm³/mol. The smallest absolute Gasteiger partial charge is 0.336 e. The first-order valence-corrected chi connectivity index (χ1v) is 10.5. The predicted octanol–water partition coefficient (Wildman–Crippen LogP) is 4.09. The Kier molecular flexibility index (Phi) is 6.04. The highest BCUT2D eigenvalue weighted by molar-refractivity contribution is 5.96.